The van der Waals surface area contributed by atoms with Crippen molar-refractivity contribution in [1.82, 2.24) is 5.32 Å². The third-order valence-electron chi connectivity index (χ3n) is 7.37. The van der Waals surface area contributed by atoms with Crippen molar-refractivity contribution in [2.24, 2.45) is 17.8 Å². The Labute approximate surface area is 182 Å². The van der Waals surface area contributed by atoms with Crippen molar-refractivity contribution in [3.05, 3.63) is 58.4 Å². The maximum Gasteiger partial charge on any atom is 0.163 e. The van der Waals surface area contributed by atoms with Gasteiger partial charge in [-0.15, -0.1) is 0 Å². The Balaban J connectivity index is 1.29. The second kappa shape index (κ2) is 8.05. The first-order chi connectivity index (χ1) is 14.5. The number of halogens is 2. The number of hydrogen-bond donors (Lipinski definition) is 1. The van der Waals surface area contributed by atoms with Gasteiger partial charge in [-0.2, -0.15) is 0 Å². The van der Waals surface area contributed by atoms with E-state index in [4.69, 9.17) is 21.1 Å². The smallest absolute Gasteiger partial charge is 0.163 e. The first kappa shape index (κ1) is 20.1. The zero-order chi connectivity index (χ0) is 20.7. The number of hydrogen-bond acceptors (Lipinski definition) is 3. The van der Waals surface area contributed by atoms with Crippen LogP contribution in [0.1, 0.15) is 49.7 Å². The predicted octanol–water partition coefficient (Wildman–Crippen LogP) is 6.13. The normalized spacial score (nSPS) is 29.2. The third-order valence-corrected chi connectivity index (χ3v) is 7.72. The third kappa shape index (κ3) is 3.92. The largest absolute Gasteiger partial charge is 0.493 e. The van der Waals surface area contributed by atoms with Crippen molar-refractivity contribution in [3.8, 4) is 11.5 Å². The van der Waals surface area contributed by atoms with Gasteiger partial charge in [-0.25, -0.2) is 4.39 Å². The zero-order valence-electron chi connectivity index (χ0n) is 17.4. The quantitative estimate of drug-likeness (QED) is 0.574. The molecule has 3 nitrogen and oxygen atoms in total. The van der Waals surface area contributed by atoms with Crippen LogP contribution in [-0.4, -0.2) is 12.6 Å². The van der Waals surface area contributed by atoms with E-state index in [1.807, 2.05) is 6.07 Å². The van der Waals surface area contributed by atoms with Crippen LogP contribution in [0.15, 0.2) is 36.4 Å². The number of rotatable bonds is 7. The molecule has 2 aromatic carbocycles. The van der Waals surface area contributed by atoms with E-state index in [-0.39, 0.29) is 18.0 Å². The molecule has 5 heteroatoms. The molecule has 4 aliphatic carbocycles. The SMILES string of the molecule is COc1cc(CNC23CC4CC(CC(C4)C2)C3)c(Cl)cc1OCc1ccccc1F. The van der Waals surface area contributed by atoms with Gasteiger partial charge in [0.05, 0.1) is 7.11 Å². The van der Waals surface area contributed by atoms with E-state index in [1.165, 1.54) is 44.6 Å². The standard InChI is InChI=1S/C25H29ClFNO2/c1-29-23-9-20(14-28-25-11-16-6-17(12-25)8-18(7-16)13-25)21(26)10-24(23)30-15-19-4-2-3-5-22(19)27/h2-5,9-10,16-18,28H,6-8,11-15H2,1H3. The van der Waals surface area contributed by atoms with Crippen LogP contribution < -0.4 is 14.8 Å². The fourth-order valence-corrected chi connectivity index (χ4v) is 6.59. The topological polar surface area (TPSA) is 30.5 Å². The summed E-state index contributed by atoms with van der Waals surface area (Å²) < 4.78 is 25.3. The van der Waals surface area contributed by atoms with Gasteiger partial charge in [0, 0.05) is 28.7 Å². The first-order valence-electron chi connectivity index (χ1n) is 11.0. The number of ether oxygens (including phenoxy) is 2. The van der Waals surface area contributed by atoms with Crippen molar-refractivity contribution in [2.45, 2.75) is 57.2 Å². The van der Waals surface area contributed by atoms with E-state index in [2.05, 4.69) is 5.32 Å². The Morgan fingerprint density at radius 2 is 1.67 bits per heavy atom. The second-order valence-corrected chi connectivity index (χ2v) is 9.93. The molecule has 30 heavy (non-hydrogen) atoms. The molecule has 0 aromatic heterocycles. The van der Waals surface area contributed by atoms with Crippen molar-refractivity contribution >= 4 is 11.6 Å². The summed E-state index contributed by atoms with van der Waals surface area (Å²) in [6, 6.07) is 10.4. The maximum absolute atomic E-state index is 13.9. The van der Waals surface area contributed by atoms with Gasteiger partial charge < -0.3 is 14.8 Å². The van der Waals surface area contributed by atoms with E-state index >= 15 is 0 Å². The molecule has 0 spiro atoms. The molecular weight excluding hydrogens is 401 g/mol. The van der Waals surface area contributed by atoms with Gasteiger partial charge in [0.1, 0.15) is 12.4 Å². The minimum Gasteiger partial charge on any atom is -0.493 e. The Morgan fingerprint density at radius 3 is 2.30 bits per heavy atom. The highest BCUT2D eigenvalue weighted by Gasteiger charge is 2.50. The Morgan fingerprint density at radius 1 is 1.00 bits per heavy atom. The lowest BCUT2D eigenvalue weighted by Crippen LogP contribution is -2.58. The van der Waals surface area contributed by atoms with Crippen molar-refractivity contribution in [2.75, 3.05) is 7.11 Å². The fraction of sp³-hybridized carbons (Fsp3) is 0.520. The van der Waals surface area contributed by atoms with Gasteiger partial charge in [0.2, 0.25) is 0 Å². The molecule has 2 aromatic rings. The molecule has 4 bridgehead atoms. The van der Waals surface area contributed by atoms with Gasteiger partial charge in [-0.3, -0.25) is 0 Å². The van der Waals surface area contributed by atoms with Crippen molar-refractivity contribution < 1.29 is 13.9 Å². The van der Waals surface area contributed by atoms with E-state index < -0.39 is 0 Å². The minimum atomic E-state index is -0.279. The van der Waals surface area contributed by atoms with Crippen LogP contribution in [0.3, 0.4) is 0 Å². The van der Waals surface area contributed by atoms with Gasteiger partial charge in [0.15, 0.2) is 11.5 Å². The Kier molecular flexibility index (Phi) is 5.40. The summed E-state index contributed by atoms with van der Waals surface area (Å²) in [5.41, 5.74) is 1.80. The van der Waals surface area contributed by atoms with Crippen molar-refractivity contribution in [3.63, 3.8) is 0 Å². The highest BCUT2D eigenvalue weighted by atomic mass is 35.5. The van der Waals surface area contributed by atoms with Gasteiger partial charge in [-0.1, -0.05) is 29.8 Å². The molecule has 4 saturated carbocycles. The Bertz CT molecular complexity index is 896. The summed E-state index contributed by atoms with van der Waals surface area (Å²) in [4.78, 5) is 0. The van der Waals surface area contributed by atoms with Crippen LogP contribution in [0.25, 0.3) is 0 Å². The van der Waals surface area contributed by atoms with E-state index in [9.17, 15) is 4.39 Å². The van der Waals surface area contributed by atoms with Crippen LogP contribution in [0.2, 0.25) is 5.02 Å². The second-order valence-electron chi connectivity index (χ2n) is 9.53. The fourth-order valence-electron chi connectivity index (χ4n) is 6.37. The summed E-state index contributed by atoms with van der Waals surface area (Å²) in [5, 5.41) is 4.54. The number of methoxy groups -OCH3 is 1. The molecule has 0 heterocycles. The van der Waals surface area contributed by atoms with Crippen LogP contribution in [0.4, 0.5) is 4.39 Å². The molecule has 160 valence electrons. The van der Waals surface area contributed by atoms with Crippen LogP contribution >= 0.6 is 11.6 Å². The van der Waals surface area contributed by atoms with Gasteiger partial charge in [0.25, 0.3) is 0 Å². The molecular formula is C25H29ClFNO2. The molecule has 4 aliphatic rings. The maximum atomic E-state index is 13.9. The molecule has 0 saturated heterocycles. The molecule has 0 atom stereocenters. The lowest BCUT2D eigenvalue weighted by atomic mass is 9.53. The average Bonchev–Trinajstić information content (AvgIpc) is 2.71. The van der Waals surface area contributed by atoms with E-state index in [1.54, 1.807) is 31.4 Å². The van der Waals surface area contributed by atoms with Gasteiger partial charge in [-0.05, 0) is 74.0 Å². The van der Waals surface area contributed by atoms with Gasteiger partial charge >= 0.3 is 0 Å². The summed E-state index contributed by atoms with van der Waals surface area (Å²) in [5.74, 6) is 3.59. The number of benzene rings is 2. The molecule has 6 rings (SSSR count). The monoisotopic (exact) mass is 429 g/mol. The summed E-state index contributed by atoms with van der Waals surface area (Å²) in [7, 11) is 1.62. The molecule has 0 amide bonds. The zero-order valence-corrected chi connectivity index (χ0v) is 18.2. The minimum absolute atomic E-state index is 0.129. The highest BCUT2D eigenvalue weighted by Crippen LogP contribution is 2.55. The molecule has 0 aliphatic heterocycles. The highest BCUT2D eigenvalue weighted by molar-refractivity contribution is 6.31. The first-order valence-corrected chi connectivity index (χ1v) is 11.4. The average molecular weight is 430 g/mol. The molecule has 0 radical (unpaired) electrons. The summed E-state index contributed by atoms with van der Waals surface area (Å²) >= 11 is 6.61. The molecule has 4 fully saturated rings. The summed E-state index contributed by atoms with van der Waals surface area (Å²) in [6.45, 7) is 0.860. The molecule has 1 N–H and O–H groups in total. The van der Waals surface area contributed by atoms with Crippen LogP contribution in [0.5, 0.6) is 11.5 Å². The predicted molar refractivity (Wildman–Crippen MR) is 116 cm³/mol. The lowest BCUT2D eigenvalue weighted by Gasteiger charge is -2.57. The lowest BCUT2D eigenvalue weighted by molar-refractivity contribution is -0.0206. The summed E-state index contributed by atoms with van der Waals surface area (Å²) in [6.07, 6.45) is 8.21. The van der Waals surface area contributed by atoms with Crippen LogP contribution in [0, 0.1) is 23.6 Å². The van der Waals surface area contributed by atoms with Crippen LogP contribution in [-0.2, 0) is 13.2 Å². The van der Waals surface area contributed by atoms with Crippen molar-refractivity contribution in [1.29, 1.82) is 0 Å². The van der Waals surface area contributed by atoms with E-state index in [0.29, 0.717) is 22.1 Å². The number of nitrogens with one attached hydrogen (secondary N) is 1. The molecule has 0 unspecified atom stereocenters. The Hall–Kier alpha value is -1.78. The van der Waals surface area contributed by atoms with E-state index in [0.717, 1.165) is 29.9 Å².